The highest BCUT2D eigenvalue weighted by Gasteiger charge is 2.16. The first-order valence-corrected chi connectivity index (χ1v) is 6.44. The molecule has 5 nitrogen and oxygen atoms in total. The number of nitrogens with one attached hydrogen (secondary N) is 1. The Balaban J connectivity index is 2.12. The zero-order valence-electron chi connectivity index (χ0n) is 10.9. The van der Waals surface area contributed by atoms with Crippen LogP contribution in [-0.4, -0.2) is 16.4 Å². The summed E-state index contributed by atoms with van der Waals surface area (Å²) in [7, 11) is 1.70. The van der Waals surface area contributed by atoms with Gasteiger partial charge in [0.2, 0.25) is 0 Å². The van der Waals surface area contributed by atoms with Gasteiger partial charge in [0.25, 0.3) is 5.56 Å². The quantitative estimate of drug-likeness (QED) is 0.850. The van der Waals surface area contributed by atoms with Crippen molar-refractivity contribution in [2.75, 3.05) is 6.61 Å². The molecule has 0 amide bonds. The highest BCUT2D eigenvalue weighted by atomic mass is 16.5. The number of rotatable bonds is 2. The maximum atomic E-state index is 11.9. The summed E-state index contributed by atoms with van der Waals surface area (Å²) in [6.07, 6.45) is 2.05. The van der Waals surface area contributed by atoms with Crippen LogP contribution < -0.4 is 16.0 Å². The van der Waals surface area contributed by atoms with E-state index >= 15 is 0 Å². The molecule has 2 heterocycles. The van der Waals surface area contributed by atoms with E-state index in [1.54, 1.807) is 7.05 Å². The van der Waals surface area contributed by atoms with Gasteiger partial charge >= 0.3 is 0 Å². The van der Waals surface area contributed by atoms with Gasteiger partial charge in [-0.3, -0.25) is 14.6 Å². The highest BCUT2D eigenvalue weighted by Crippen LogP contribution is 2.30. The van der Waals surface area contributed by atoms with Crippen molar-refractivity contribution in [3.05, 3.63) is 39.7 Å². The second-order valence-corrected chi connectivity index (χ2v) is 4.81. The Morgan fingerprint density at radius 3 is 3.11 bits per heavy atom. The van der Waals surface area contributed by atoms with Gasteiger partial charge in [-0.2, -0.15) is 0 Å². The maximum Gasteiger partial charge on any atom is 0.271 e. The average molecular weight is 259 g/mol. The topological polar surface area (TPSA) is 73.0 Å². The first kappa shape index (κ1) is 12.0. The number of aromatic amines is 1. The van der Waals surface area contributed by atoms with Gasteiger partial charge in [0, 0.05) is 19.2 Å². The van der Waals surface area contributed by atoms with E-state index < -0.39 is 0 Å². The third-order valence-electron chi connectivity index (χ3n) is 3.55. The Kier molecular flexibility index (Phi) is 2.91. The van der Waals surface area contributed by atoms with E-state index in [1.807, 2.05) is 12.1 Å². The molecule has 0 radical (unpaired) electrons. The molecule has 0 bridgehead atoms. The number of hydrogen-bond acceptors (Lipinski definition) is 3. The number of fused-ring (bicyclic) bond motifs is 1. The summed E-state index contributed by atoms with van der Waals surface area (Å²) in [5.74, 6) is 0.947. The van der Waals surface area contributed by atoms with E-state index in [2.05, 4.69) is 11.2 Å². The normalized spacial score (nSPS) is 14.0. The van der Waals surface area contributed by atoms with Crippen LogP contribution in [0.2, 0.25) is 0 Å². The summed E-state index contributed by atoms with van der Waals surface area (Å²) in [4.78, 5) is 11.9. The molecule has 0 unspecified atom stereocenters. The van der Waals surface area contributed by atoms with Crippen LogP contribution in [0.1, 0.15) is 17.5 Å². The molecule has 3 N–H and O–H groups in total. The van der Waals surface area contributed by atoms with Crippen LogP contribution in [-0.2, 0) is 20.0 Å². The molecule has 3 rings (SSSR count). The monoisotopic (exact) mass is 259 g/mol. The van der Waals surface area contributed by atoms with Gasteiger partial charge in [-0.1, -0.05) is 0 Å². The molecule has 1 aromatic heterocycles. The smallest absolute Gasteiger partial charge is 0.271 e. The van der Waals surface area contributed by atoms with Gasteiger partial charge in [-0.25, -0.2) is 0 Å². The molecule has 0 saturated carbocycles. The maximum absolute atomic E-state index is 11.9. The van der Waals surface area contributed by atoms with Crippen molar-refractivity contribution >= 4 is 0 Å². The predicted molar refractivity (Wildman–Crippen MR) is 73.2 cm³/mol. The molecule has 1 aliphatic rings. The number of ether oxygens (including phenoxy) is 1. The summed E-state index contributed by atoms with van der Waals surface area (Å²) in [6.45, 7) is 1.02. The largest absolute Gasteiger partial charge is 0.493 e. The van der Waals surface area contributed by atoms with Crippen LogP contribution in [0.4, 0.5) is 0 Å². The molecule has 0 aliphatic carbocycles. The molecule has 1 aromatic carbocycles. The number of aromatic nitrogens is 2. The Morgan fingerprint density at radius 1 is 1.47 bits per heavy atom. The summed E-state index contributed by atoms with van der Waals surface area (Å²) in [5.41, 5.74) is 9.23. The van der Waals surface area contributed by atoms with Crippen molar-refractivity contribution in [1.29, 1.82) is 0 Å². The van der Waals surface area contributed by atoms with Crippen molar-refractivity contribution < 1.29 is 4.74 Å². The van der Waals surface area contributed by atoms with Crippen LogP contribution in [0.25, 0.3) is 11.3 Å². The molecule has 100 valence electrons. The summed E-state index contributed by atoms with van der Waals surface area (Å²) < 4.78 is 7.06. The number of nitrogens with two attached hydrogens (primary N) is 1. The minimum atomic E-state index is -0.0635. The molecule has 0 spiro atoms. The molecule has 19 heavy (non-hydrogen) atoms. The van der Waals surface area contributed by atoms with E-state index in [0.29, 0.717) is 5.56 Å². The highest BCUT2D eigenvalue weighted by molar-refractivity contribution is 5.65. The SMILES string of the molecule is Cn1[nH]c(-c2ccc3c(c2)CCCO3)c(CN)c1=O. The van der Waals surface area contributed by atoms with Crippen molar-refractivity contribution in [2.45, 2.75) is 19.4 Å². The molecule has 0 saturated heterocycles. The fraction of sp³-hybridized carbons (Fsp3) is 0.357. The number of aryl methyl sites for hydroxylation is 2. The van der Waals surface area contributed by atoms with Gasteiger partial charge in [0.05, 0.1) is 17.9 Å². The predicted octanol–water partition coefficient (Wildman–Crippen LogP) is 1.16. The fourth-order valence-corrected chi connectivity index (χ4v) is 2.54. The Morgan fingerprint density at radius 2 is 2.32 bits per heavy atom. The van der Waals surface area contributed by atoms with E-state index in [-0.39, 0.29) is 12.1 Å². The third kappa shape index (κ3) is 1.96. The molecular weight excluding hydrogens is 242 g/mol. The molecule has 1 aliphatic heterocycles. The fourth-order valence-electron chi connectivity index (χ4n) is 2.54. The van der Waals surface area contributed by atoms with Crippen LogP contribution in [0.15, 0.2) is 23.0 Å². The van der Waals surface area contributed by atoms with Crippen molar-refractivity contribution in [3.8, 4) is 17.0 Å². The lowest BCUT2D eigenvalue weighted by Gasteiger charge is -2.17. The zero-order valence-corrected chi connectivity index (χ0v) is 10.9. The Hall–Kier alpha value is -2.01. The number of H-pyrrole nitrogens is 1. The molecule has 2 aromatic rings. The van der Waals surface area contributed by atoms with E-state index in [1.165, 1.54) is 10.2 Å². The number of nitrogens with zero attached hydrogens (tertiary/aromatic N) is 1. The second kappa shape index (κ2) is 4.59. The molecule has 0 atom stereocenters. The lowest BCUT2D eigenvalue weighted by molar-refractivity contribution is 0.288. The number of hydrogen-bond donors (Lipinski definition) is 2. The summed E-state index contributed by atoms with van der Waals surface area (Å²) in [5, 5.41) is 3.07. The lowest BCUT2D eigenvalue weighted by atomic mass is 10.0. The molecule has 0 fully saturated rings. The first-order valence-electron chi connectivity index (χ1n) is 6.44. The Bertz CT molecular complexity index is 670. The minimum absolute atomic E-state index is 0.0635. The van der Waals surface area contributed by atoms with Gasteiger partial charge < -0.3 is 10.5 Å². The van der Waals surface area contributed by atoms with Crippen LogP contribution in [0, 0.1) is 0 Å². The Labute approximate surface area is 111 Å². The molecule has 5 heteroatoms. The van der Waals surface area contributed by atoms with E-state index in [4.69, 9.17) is 10.5 Å². The summed E-state index contributed by atoms with van der Waals surface area (Å²) in [6, 6.07) is 6.02. The van der Waals surface area contributed by atoms with Gasteiger partial charge in [-0.15, -0.1) is 0 Å². The van der Waals surface area contributed by atoms with Crippen molar-refractivity contribution in [2.24, 2.45) is 12.8 Å². The van der Waals surface area contributed by atoms with Crippen LogP contribution in [0.3, 0.4) is 0 Å². The van der Waals surface area contributed by atoms with Crippen LogP contribution in [0.5, 0.6) is 5.75 Å². The first-order chi connectivity index (χ1) is 9.20. The second-order valence-electron chi connectivity index (χ2n) is 4.81. The van der Waals surface area contributed by atoms with E-state index in [9.17, 15) is 4.79 Å². The minimum Gasteiger partial charge on any atom is -0.493 e. The molecular formula is C14H17N3O2. The lowest BCUT2D eigenvalue weighted by Crippen LogP contribution is -2.17. The van der Waals surface area contributed by atoms with Crippen LogP contribution >= 0.6 is 0 Å². The number of benzene rings is 1. The van der Waals surface area contributed by atoms with E-state index in [0.717, 1.165) is 36.5 Å². The van der Waals surface area contributed by atoms with Crippen molar-refractivity contribution in [3.63, 3.8) is 0 Å². The zero-order chi connectivity index (χ0) is 13.4. The third-order valence-corrected chi connectivity index (χ3v) is 3.55. The average Bonchev–Trinajstić information content (AvgIpc) is 2.74. The van der Waals surface area contributed by atoms with Gasteiger partial charge in [0.15, 0.2) is 0 Å². The van der Waals surface area contributed by atoms with Gasteiger partial charge in [-0.05, 0) is 36.6 Å². The van der Waals surface area contributed by atoms with Crippen molar-refractivity contribution in [1.82, 2.24) is 9.78 Å². The standard InChI is InChI=1S/C14H17N3O2/c1-17-14(18)11(8-15)13(16-17)10-4-5-12-9(7-10)3-2-6-19-12/h4-5,7,16H,2-3,6,8,15H2,1H3. The summed E-state index contributed by atoms with van der Waals surface area (Å²) >= 11 is 0. The van der Waals surface area contributed by atoms with Gasteiger partial charge in [0.1, 0.15) is 5.75 Å².